The van der Waals surface area contributed by atoms with E-state index in [1.165, 1.54) is 19.4 Å². The van der Waals surface area contributed by atoms with Gasteiger partial charge in [-0.05, 0) is 38.3 Å². The molecule has 2 unspecified atom stereocenters. The van der Waals surface area contributed by atoms with Gasteiger partial charge in [-0.2, -0.15) is 0 Å². The number of morpholine rings is 1. The summed E-state index contributed by atoms with van der Waals surface area (Å²) in [6.45, 7) is 10.2. The zero-order valence-corrected chi connectivity index (χ0v) is 11.7. The summed E-state index contributed by atoms with van der Waals surface area (Å²) in [5.41, 5.74) is 0. The molecular formula is C14H28N2O2. The Labute approximate surface area is 111 Å². The molecule has 0 aliphatic carbocycles. The van der Waals surface area contributed by atoms with E-state index in [4.69, 9.17) is 9.84 Å². The monoisotopic (exact) mass is 256 g/mol. The lowest BCUT2D eigenvalue weighted by Crippen LogP contribution is -2.49. The molecule has 106 valence electrons. The molecule has 0 amide bonds. The first-order valence-electron chi connectivity index (χ1n) is 7.49. The van der Waals surface area contributed by atoms with E-state index in [1.807, 2.05) is 0 Å². The van der Waals surface area contributed by atoms with E-state index >= 15 is 0 Å². The highest BCUT2D eigenvalue weighted by Gasteiger charge is 2.25. The summed E-state index contributed by atoms with van der Waals surface area (Å²) in [6, 6.07) is 0. The molecule has 0 radical (unpaired) electrons. The van der Waals surface area contributed by atoms with Crippen molar-refractivity contribution in [2.75, 3.05) is 52.5 Å². The van der Waals surface area contributed by atoms with Crippen LogP contribution in [0.1, 0.15) is 26.2 Å². The summed E-state index contributed by atoms with van der Waals surface area (Å²) in [4.78, 5) is 5.01. The fourth-order valence-electron chi connectivity index (χ4n) is 3.20. The average molecular weight is 256 g/mol. The van der Waals surface area contributed by atoms with Crippen LogP contribution >= 0.6 is 0 Å². The van der Waals surface area contributed by atoms with E-state index in [0.29, 0.717) is 18.6 Å². The van der Waals surface area contributed by atoms with Crippen molar-refractivity contribution in [1.82, 2.24) is 9.80 Å². The van der Waals surface area contributed by atoms with Gasteiger partial charge in [-0.3, -0.25) is 4.90 Å². The molecular weight excluding hydrogens is 228 g/mol. The zero-order valence-electron chi connectivity index (χ0n) is 11.7. The van der Waals surface area contributed by atoms with Gasteiger partial charge in [-0.1, -0.05) is 6.92 Å². The van der Waals surface area contributed by atoms with Crippen LogP contribution < -0.4 is 0 Å². The standard InChI is InChI=1S/C14H28N2O2/c1-2-15-7-9-18-14(11-15)12-16-6-3-4-13(10-16)5-8-17/h13-14,17H,2-12H2,1H3. The number of piperidine rings is 1. The highest BCUT2D eigenvalue weighted by atomic mass is 16.5. The third kappa shape index (κ3) is 4.19. The lowest BCUT2D eigenvalue weighted by Gasteiger charge is -2.38. The molecule has 4 heteroatoms. The van der Waals surface area contributed by atoms with Gasteiger partial charge in [-0.15, -0.1) is 0 Å². The minimum Gasteiger partial charge on any atom is -0.396 e. The largest absolute Gasteiger partial charge is 0.396 e. The van der Waals surface area contributed by atoms with Crippen molar-refractivity contribution in [2.45, 2.75) is 32.3 Å². The van der Waals surface area contributed by atoms with Crippen molar-refractivity contribution in [3.63, 3.8) is 0 Å². The maximum absolute atomic E-state index is 9.04. The molecule has 2 atom stereocenters. The zero-order chi connectivity index (χ0) is 12.8. The fourth-order valence-corrected chi connectivity index (χ4v) is 3.20. The molecule has 0 aromatic carbocycles. The number of hydrogen-bond acceptors (Lipinski definition) is 4. The second-order valence-electron chi connectivity index (χ2n) is 5.67. The number of ether oxygens (including phenoxy) is 1. The summed E-state index contributed by atoms with van der Waals surface area (Å²) in [5, 5.41) is 9.04. The predicted molar refractivity (Wildman–Crippen MR) is 72.7 cm³/mol. The lowest BCUT2D eigenvalue weighted by molar-refractivity contribution is -0.0467. The SMILES string of the molecule is CCN1CCOC(CN2CCCC(CCO)C2)C1. The van der Waals surface area contributed by atoms with Crippen LogP contribution in [0.25, 0.3) is 0 Å². The first kappa shape index (κ1) is 14.3. The van der Waals surface area contributed by atoms with Gasteiger partial charge in [0, 0.05) is 32.8 Å². The summed E-state index contributed by atoms with van der Waals surface area (Å²) >= 11 is 0. The van der Waals surface area contributed by atoms with Gasteiger partial charge in [0.2, 0.25) is 0 Å². The quantitative estimate of drug-likeness (QED) is 0.789. The molecule has 2 aliphatic rings. The third-order valence-electron chi connectivity index (χ3n) is 4.27. The molecule has 0 aromatic rings. The normalized spacial score (nSPS) is 31.7. The smallest absolute Gasteiger partial charge is 0.0829 e. The molecule has 4 nitrogen and oxygen atoms in total. The Hall–Kier alpha value is -0.160. The van der Waals surface area contributed by atoms with Crippen LogP contribution in [0.15, 0.2) is 0 Å². The molecule has 2 fully saturated rings. The van der Waals surface area contributed by atoms with E-state index in [0.717, 1.165) is 45.8 Å². The first-order chi connectivity index (χ1) is 8.81. The Morgan fingerprint density at radius 3 is 2.89 bits per heavy atom. The van der Waals surface area contributed by atoms with Crippen LogP contribution in [0.5, 0.6) is 0 Å². The maximum atomic E-state index is 9.04. The first-order valence-corrected chi connectivity index (χ1v) is 7.49. The molecule has 18 heavy (non-hydrogen) atoms. The number of nitrogens with zero attached hydrogens (tertiary/aromatic N) is 2. The van der Waals surface area contributed by atoms with Crippen LogP contribution in [-0.2, 0) is 4.74 Å². The number of likely N-dealkylation sites (tertiary alicyclic amines) is 1. The molecule has 0 aromatic heterocycles. The molecule has 0 spiro atoms. The van der Waals surface area contributed by atoms with Gasteiger partial charge in [0.25, 0.3) is 0 Å². The third-order valence-corrected chi connectivity index (χ3v) is 4.27. The topological polar surface area (TPSA) is 35.9 Å². The number of hydrogen-bond donors (Lipinski definition) is 1. The molecule has 0 saturated carbocycles. The van der Waals surface area contributed by atoms with Gasteiger partial charge in [0.15, 0.2) is 0 Å². The minimum atomic E-state index is 0.335. The Kier molecular flexibility index (Phi) is 5.89. The van der Waals surface area contributed by atoms with Crippen molar-refractivity contribution in [2.24, 2.45) is 5.92 Å². The molecule has 1 N–H and O–H groups in total. The van der Waals surface area contributed by atoms with E-state index in [9.17, 15) is 0 Å². The molecule has 2 heterocycles. The molecule has 2 saturated heterocycles. The van der Waals surface area contributed by atoms with Crippen molar-refractivity contribution < 1.29 is 9.84 Å². The fraction of sp³-hybridized carbons (Fsp3) is 1.00. The summed E-state index contributed by atoms with van der Waals surface area (Å²) in [7, 11) is 0. The van der Waals surface area contributed by atoms with Gasteiger partial charge >= 0.3 is 0 Å². The van der Waals surface area contributed by atoms with Crippen LogP contribution in [0.2, 0.25) is 0 Å². The van der Waals surface area contributed by atoms with Crippen molar-refractivity contribution in [3.8, 4) is 0 Å². The van der Waals surface area contributed by atoms with Gasteiger partial charge < -0.3 is 14.7 Å². The van der Waals surface area contributed by atoms with Gasteiger partial charge in [0.05, 0.1) is 12.7 Å². The Bertz CT molecular complexity index is 236. The average Bonchev–Trinajstić information content (AvgIpc) is 2.40. The number of likely N-dealkylation sites (N-methyl/N-ethyl adjacent to an activating group) is 1. The van der Waals surface area contributed by atoms with E-state index in [1.54, 1.807) is 0 Å². The van der Waals surface area contributed by atoms with Crippen molar-refractivity contribution in [1.29, 1.82) is 0 Å². The summed E-state index contributed by atoms with van der Waals surface area (Å²) in [5.74, 6) is 0.689. The van der Waals surface area contributed by atoms with Crippen molar-refractivity contribution in [3.05, 3.63) is 0 Å². The number of aliphatic hydroxyl groups excluding tert-OH is 1. The summed E-state index contributed by atoms with van der Waals surface area (Å²) in [6.07, 6.45) is 3.90. The van der Waals surface area contributed by atoms with Crippen LogP contribution in [0, 0.1) is 5.92 Å². The van der Waals surface area contributed by atoms with Gasteiger partial charge in [0.1, 0.15) is 0 Å². The lowest BCUT2D eigenvalue weighted by atomic mass is 9.95. The number of rotatable bonds is 5. The van der Waals surface area contributed by atoms with Crippen LogP contribution in [0.4, 0.5) is 0 Å². The molecule has 2 rings (SSSR count). The molecule has 2 aliphatic heterocycles. The van der Waals surface area contributed by atoms with E-state index in [2.05, 4.69) is 16.7 Å². The Morgan fingerprint density at radius 1 is 1.22 bits per heavy atom. The van der Waals surface area contributed by atoms with Crippen LogP contribution in [-0.4, -0.2) is 73.5 Å². The summed E-state index contributed by atoms with van der Waals surface area (Å²) < 4.78 is 5.88. The second kappa shape index (κ2) is 7.43. The Balaban J connectivity index is 1.74. The van der Waals surface area contributed by atoms with E-state index in [-0.39, 0.29) is 0 Å². The van der Waals surface area contributed by atoms with Crippen molar-refractivity contribution >= 4 is 0 Å². The second-order valence-corrected chi connectivity index (χ2v) is 5.67. The van der Waals surface area contributed by atoms with E-state index < -0.39 is 0 Å². The minimum absolute atomic E-state index is 0.335. The Morgan fingerprint density at radius 2 is 2.11 bits per heavy atom. The maximum Gasteiger partial charge on any atom is 0.0829 e. The van der Waals surface area contributed by atoms with Gasteiger partial charge in [-0.25, -0.2) is 0 Å². The predicted octanol–water partition coefficient (Wildman–Crippen LogP) is 0.802. The molecule has 0 bridgehead atoms. The highest BCUT2D eigenvalue weighted by molar-refractivity contribution is 4.78. The highest BCUT2D eigenvalue weighted by Crippen LogP contribution is 2.20. The van der Waals surface area contributed by atoms with Crippen LogP contribution in [0.3, 0.4) is 0 Å². The number of aliphatic hydroxyl groups is 1.